The predicted octanol–water partition coefficient (Wildman–Crippen LogP) is 2.65. The zero-order valence-corrected chi connectivity index (χ0v) is 10.8. The van der Waals surface area contributed by atoms with Gasteiger partial charge in [0.05, 0.1) is 0 Å². The summed E-state index contributed by atoms with van der Waals surface area (Å²) in [6.45, 7) is 5.43. The van der Waals surface area contributed by atoms with Crippen LogP contribution < -0.4 is 5.73 Å². The first-order valence-corrected chi connectivity index (χ1v) is 6.27. The van der Waals surface area contributed by atoms with Crippen molar-refractivity contribution in [1.29, 1.82) is 0 Å². The molecule has 1 aromatic rings. The van der Waals surface area contributed by atoms with Gasteiger partial charge in [0.2, 0.25) is 0 Å². The monoisotopic (exact) mass is 256 g/mol. The topological polar surface area (TPSA) is 29.3 Å². The average Bonchev–Trinajstić information content (AvgIpc) is 2.66. The minimum Gasteiger partial charge on any atom is -0.330 e. The third-order valence-corrected chi connectivity index (χ3v) is 3.77. The van der Waals surface area contributed by atoms with Crippen molar-refractivity contribution in [3.8, 4) is 0 Å². The van der Waals surface area contributed by atoms with E-state index in [0.29, 0.717) is 23.7 Å². The summed E-state index contributed by atoms with van der Waals surface area (Å²) in [5.74, 6) is -0.223. The van der Waals surface area contributed by atoms with Crippen molar-refractivity contribution in [2.45, 2.75) is 19.9 Å². The maximum absolute atomic E-state index is 13.6. The molecule has 1 heterocycles. The van der Waals surface area contributed by atoms with Gasteiger partial charge in [0.25, 0.3) is 0 Å². The van der Waals surface area contributed by atoms with Crippen LogP contribution in [0.25, 0.3) is 0 Å². The van der Waals surface area contributed by atoms with Gasteiger partial charge in [0, 0.05) is 23.7 Å². The largest absolute Gasteiger partial charge is 0.330 e. The number of likely N-dealkylation sites (tertiary alicyclic amines) is 1. The molecule has 2 N–H and O–H groups in total. The molecular formula is C13H18ClFN2. The van der Waals surface area contributed by atoms with Crippen LogP contribution in [-0.4, -0.2) is 24.5 Å². The van der Waals surface area contributed by atoms with E-state index in [1.807, 2.05) is 0 Å². The molecule has 17 heavy (non-hydrogen) atoms. The summed E-state index contributed by atoms with van der Waals surface area (Å²) in [6, 6.07) is 4.86. The van der Waals surface area contributed by atoms with Crippen molar-refractivity contribution in [2.24, 2.45) is 11.1 Å². The highest BCUT2D eigenvalue weighted by Gasteiger charge is 2.32. The predicted molar refractivity (Wildman–Crippen MR) is 68.5 cm³/mol. The first-order chi connectivity index (χ1) is 8.02. The van der Waals surface area contributed by atoms with E-state index in [4.69, 9.17) is 17.3 Å². The van der Waals surface area contributed by atoms with Gasteiger partial charge in [0.15, 0.2) is 0 Å². The Morgan fingerprint density at radius 3 is 2.88 bits per heavy atom. The molecule has 2 nitrogen and oxygen atoms in total. The summed E-state index contributed by atoms with van der Waals surface area (Å²) in [6.07, 6.45) is 1.08. The van der Waals surface area contributed by atoms with E-state index in [9.17, 15) is 4.39 Å². The molecule has 1 unspecified atom stereocenters. The van der Waals surface area contributed by atoms with Crippen LogP contribution >= 0.6 is 11.6 Å². The molecule has 0 radical (unpaired) electrons. The maximum Gasteiger partial charge on any atom is 0.129 e. The molecule has 0 spiro atoms. The van der Waals surface area contributed by atoms with E-state index in [1.165, 1.54) is 6.07 Å². The van der Waals surface area contributed by atoms with Gasteiger partial charge < -0.3 is 5.73 Å². The molecule has 1 fully saturated rings. The van der Waals surface area contributed by atoms with Gasteiger partial charge >= 0.3 is 0 Å². The summed E-state index contributed by atoms with van der Waals surface area (Å²) in [5.41, 5.74) is 6.64. The Hall–Kier alpha value is -0.640. The van der Waals surface area contributed by atoms with Crippen LogP contribution in [0.2, 0.25) is 5.02 Å². The summed E-state index contributed by atoms with van der Waals surface area (Å²) in [4.78, 5) is 2.25. The second-order valence-corrected chi connectivity index (χ2v) is 5.65. The second-order valence-electron chi connectivity index (χ2n) is 5.21. The number of benzene rings is 1. The molecule has 1 atom stereocenters. The molecule has 0 amide bonds. The molecule has 0 aliphatic carbocycles. The van der Waals surface area contributed by atoms with Crippen molar-refractivity contribution in [1.82, 2.24) is 4.90 Å². The van der Waals surface area contributed by atoms with E-state index in [2.05, 4.69) is 11.8 Å². The van der Waals surface area contributed by atoms with Crippen LogP contribution in [0.15, 0.2) is 18.2 Å². The Bertz CT molecular complexity index is 410. The highest BCUT2D eigenvalue weighted by atomic mass is 35.5. The number of rotatable bonds is 3. The van der Waals surface area contributed by atoms with Crippen molar-refractivity contribution in [3.05, 3.63) is 34.6 Å². The van der Waals surface area contributed by atoms with Gasteiger partial charge in [-0.3, -0.25) is 4.90 Å². The SMILES string of the molecule is CC1(CN)CCN(Cc2ccc(Cl)cc2F)C1. The molecule has 1 saturated heterocycles. The van der Waals surface area contributed by atoms with E-state index in [1.54, 1.807) is 12.1 Å². The zero-order valence-electron chi connectivity index (χ0n) is 10.0. The molecule has 94 valence electrons. The summed E-state index contributed by atoms with van der Waals surface area (Å²) in [5, 5.41) is 0.444. The molecule has 1 aromatic carbocycles. The number of hydrogen-bond donors (Lipinski definition) is 1. The highest BCUT2D eigenvalue weighted by Crippen LogP contribution is 2.30. The maximum atomic E-state index is 13.6. The lowest BCUT2D eigenvalue weighted by molar-refractivity contribution is 0.271. The van der Waals surface area contributed by atoms with Gasteiger partial charge in [-0.1, -0.05) is 24.6 Å². The summed E-state index contributed by atoms with van der Waals surface area (Å²) in [7, 11) is 0. The van der Waals surface area contributed by atoms with E-state index in [0.717, 1.165) is 19.5 Å². The summed E-state index contributed by atoms with van der Waals surface area (Å²) < 4.78 is 13.6. The fraction of sp³-hybridized carbons (Fsp3) is 0.538. The third kappa shape index (κ3) is 2.97. The molecule has 0 saturated carbocycles. The average molecular weight is 257 g/mol. The van der Waals surface area contributed by atoms with Crippen LogP contribution in [0.5, 0.6) is 0 Å². The normalized spacial score (nSPS) is 25.4. The molecule has 4 heteroatoms. The van der Waals surface area contributed by atoms with Crippen molar-refractivity contribution in [2.75, 3.05) is 19.6 Å². The van der Waals surface area contributed by atoms with Crippen molar-refractivity contribution in [3.63, 3.8) is 0 Å². The van der Waals surface area contributed by atoms with Crippen LogP contribution in [0.4, 0.5) is 4.39 Å². The van der Waals surface area contributed by atoms with Crippen molar-refractivity contribution >= 4 is 11.6 Å². The standard InChI is InChI=1S/C13H18ClFN2/c1-13(8-16)4-5-17(9-13)7-10-2-3-11(14)6-12(10)15/h2-3,6H,4-5,7-9,16H2,1H3. The van der Waals surface area contributed by atoms with Gasteiger partial charge in [-0.25, -0.2) is 4.39 Å². The smallest absolute Gasteiger partial charge is 0.129 e. The lowest BCUT2D eigenvalue weighted by atomic mass is 9.90. The van der Waals surface area contributed by atoms with Crippen LogP contribution in [0.3, 0.4) is 0 Å². The summed E-state index contributed by atoms with van der Waals surface area (Å²) >= 11 is 5.73. The van der Waals surface area contributed by atoms with Crippen LogP contribution in [-0.2, 0) is 6.54 Å². The first-order valence-electron chi connectivity index (χ1n) is 5.89. The Morgan fingerprint density at radius 1 is 1.53 bits per heavy atom. The molecular weight excluding hydrogens is 239 g/mol. The van der Waals surface area contributed by atoms with Crippen LogP contribution in [0, 0.1) is 11.2 Å². The Labute approximate surface area is 107 Å². The Kier molecular flexibility index (Phi) is 3.71. The minimum atomic E-state index is -0.223. The Balaban J connectivity index is 2.03. The zero-order chi connectivity index (χ0) is 12.5. The molecule has 0 bridgehead atoms. The van der Waals surface area contributed by atoms with E-state index < -0.39 is 0 Å². The fourth-order valence-electron chi connectivity index (χ4n) is 2.32. The number of nitrogens with two attached hydrogens (primary N) is 1. The Morgan fingerprint density at radius 2 is 2.29 bits per heavy atom. The van der Waals surface area contributed by atoms with E-state index >= 15 is 0 Å². The molecule has 1 aliphatic heterocycles. The highest BCUT2D eigenvalue weighted by molar-refractivity contribution is 6.30. The van der Waals surface area contributed by atoms with Gasteiger partial charge in [-0.05, 0) is 37.1 Å². The van der Waals surface area contributed by atoms with Crippen LogP contribution in [0.1, 0.15) is 18.9 Å². The lowest BCUT2D eigenvalue weighted by Gasteiger charge is -2.22. The number of nitrogens with zero attached hydrogens (tertiary/aromatic N) is 1. The fourth-order valence-corrected chi connectivity index (χ4v) is 2.48. The lowest BCUT2D eigenvalue weighted by Crippen LogP contribution is -2.31. The van der Waals surface area contributed by atoms with Gasteiger partial charge in [0.1, 0.15) is 5.82 Å². The number of hydrogen-bond acceptors (Lipinski definition) is 2. The van der Waals surface area contributed by atoms with Gasteiger partial charge in [-0.15, -0.1) is 0 Å². The molecule has 1 aliphatic rings. The van der Waals surface area contributed by atoms with Gasteiger partial charge in [-0.2, -0.15) is 0 Å². The van der Waals surface area contributed by atoms with E-state index in [-0.39, 0.29) is 11.2 Å². The molecule has 2 rings (SSSR count). The van der Waals surface area contributed by atoms with Crippen molar-refractivity contribution < 1.29 is 4.39 Å². The second kappa shape index (κ2) is 4.92. The number of halogens is 2. The minimum absolute atomic E-state index is 0.183. The third-order valence-electron chi connectivity index (χ3n) is 3.54. The quantitative estimate of drug-likeness (QED) is 0.901. The molecule has 0 aromatic heterocycles. The first kappa shape index (κ1) is 12.8.